The Labute approximate surface area is 85.4 Å². The monoisotopic (exact) mass is 219 g/mol. The molecule has 0 saturated carbocycles. The summed E-state index contributed by atoms with van der Waals surface area (Å²) in [6.45, 7) is 6.18. The molecule has 0 aromatic carbocycles. The van der Waals surface area contributed by atoms with E-state index in [1.54, 1.807) is 0 Å². The van der Waals surface area contributed by atoms with Gasteiger partial charge in [-0.05, 0) is 13.8 Å². The van der Waals surface area contributed by atoms with Gasteiger partial charge < -0.3 is 0 Å². The Morgan fingerprint density at radius 3 is 1.64 bits per heavy atom. The number of halogens is 3. The van der Waals surface area contributed by atoms with Crippen molar-refractivity contribution in [3.8, 4) is 0 Å². The van der Waals surface area contributed by atoms with Gasteiger partial charge >= 0.3 is 0 Å². The highest BCUT2D eigenvalue weighted by Crippen LogP contribution is 1.98. The average molecular weight is 221 g/mol. The lowest BCUT2D eigenvalue weighted by molar-refractivity contribution is 0.249. The van der Waals surface area contributed by atoms with Crippen molar-refractivity contribution in [1.82, 2.24) is 4.90 Å². The largest absolute Gasteiger partial charge is 0.299 e. The van der Waals surface area contributed by atoms with Gasteiger partial charge in [0.2, 0.25) is 0 Å². The average Bonchev–Trinajstić information content (AvgIpc) is 1.87. The summed E-state index contributed by atoms with van der Waals surface area (Å²) in [6.07, 6.45) is 0. The first kappa shape index (κ1) is 14.4. The minimum absolute atomic E-state index is 0. The van der Waals surface area contributed by atoms with Crippen LogP contribution in [0.1, 0.15) is 13.8 Å². The number of hydrogen-bond donors (Lipinski definition) is 0. The Morgan fingerprint density at radius 1 is 1.09 bits per heavy atom. The summed E-state index contributed by atoms with van der Waals surface area (Å²) in [6, 6.07) is 0.553. The molecule has 0 amide bonds. The normalized spacial score (nSPS) is 10.4. The predicted octanol–water partition coefficient (Wildman–Crippen LogP) is 2.60. The fraction of sp³-hybridized carbons (Fsp3) is 1.00. The summed E-state index contributed by atoms with van der Waals surface area (Å²) in [7, 11) is 0. The molecule has 1 nitrogen and oxygen atoms in total. The standard InChI is InChI=1S/C7H15Cl2N.ClH/c1-7(2)10(5-3-8)6-4-9;/h7H,3-6H2,1-2H3;1H. The Kier molecular flexibility index (Phi) is 11.6. The van der Waals surface area contributed by atoms with E-state index in [0.29, 0.717) is 17.8 Å². The van der Waals surface area contributed by atoms with E-state index in [1.807, 2.05) is 0 Å². The van der Waals surface area contributed by atoms with Gasteiger partial charge in [0.1, 0.15) is 0 Å². The van der Waals surface area contributed by atoms with Gasteiger partial charge in [-0.1, -0.05) is 0 Å². The molecule has 0 N–H and O–H groups in total. The minimum atomic E-state index is 0. The molecule has 11 heavy (non-hydrogen) atoms. The molecular weight excluding hydrogens is 204 g/mol. The first-order valence-corrected chi connectivity index (χ1v) is 4.65. The third-order valence-electron chi connectivity index (χ3n) is 1.47. The zero-order chi connectivity index (χ0) is 7.98. The van der Waals surface area contributed by atoms with Crippen LogP contribution in [0.3, 0.4) is 0 Å². The Morgan fingerprint density at radius 2 is 1.45 bits per heavy atom. The van der Waals surface area contributed by atoms with E-state index in [2.05, 4.69) is 18.7 Å². The van der Waals surface area contributed by atoms with Crippen molar-refractivity contribution in [1.29, 1.82) is 0 Å². The van der Waals surface area contributed by atoms with Crippen LogP contribution in [0.25, 0.3) is 0 Å². The lowest BCUT2D eigenvalue weighted by Crippen LogP contribution is -2.34. The van der Waals surface area contributed by atoms with E-state index in [9.17, 15) is 0 Å². The minimum Gasteiger partial charge on any atom is -0.299 e. The fourth-order valence-electron chi connectivity index (χ4n) is 0.845. The van der Waals surface area contributed by atoms with Crippen LogP contribution in [0.4, 0.5) is 0 Å². The van der Waals surface area contributed by atoms with Gasteiger partial charge in [-0.15, -0.1) is 35.6 Å². The maximum atomic E-state index is 5.59. The molecule has 4 heteroatoms. The predicted molar refractivity (Wildman–Crippen MR) is 55.4 cm³/mol. The highest BCUT2D eigenvalue weighted by atomic mass is 35.5. The maximum absolute atomic E-state index is 5.59. The van der Waals surface area contributed by atoms with Crippen molar-refractivity contribution in [2.24, 2.45) is 0 Å². The summed E-state index contributed by atoms with van der Waals surface area (Å²) >= 11 is 11.2. The fourth-order valence-corrected chi connectivity index (χ4v) is 1.28. The quantitative estimate of drug-likeness (QED) is 0.644. The molecule has 0 aliphatic heterocycles. The van der Waals surface area contributed by atoms with Crippen molar-refractivity contribution in [2.75, 3.05) is 24.8 Å². The van der Waals surface area contributed by atoms with Crippen molar-refractivity contribution in [3.05, 3.63) is 0 Å². The molecule has 0 saturated heterocycles. The van der Waals surface area contributed by atoms with Crippen molar-refractivity contribution >= 4 is 35.6 Å². The second kappa shape index (κ2) is 8.92. The Balaban J connectivity index is 0. The highest BCUT2D eigenvalue weighted by molar-refractivity contribution is 6.18. The summed E-state index contributed by atoms with van der Waals surface area (Å²) in [5, 5.41) is 0. The van der Waals surface area contributed by atoms with Crippen molar-refractivity contribution in [3.63, 3.8) is 0 Å². The maximum Gasteiger partial charge on any atom is 0.0351 e. The molecule has 0 heterocycles. The summed E-state index contributed by atoms with van der Waals surface area (Å²) in [4.78, 5) is 2.26. The van der Waals surface area contributed by atoms with Crippen LogP contribution in [0, 0.1) is 0 Å². The third kappa shape index (κ3) is 7.20. The van der Waals surface area contributed by atoms with Gasteiger partial charge in [-0.3, -0.25) is 4.90 Å². The molecular formula is C7H16Cl3N. The molecule has 0 rings (SSSR count). The van der Waals surface area contributed by atoms with Crippen LogP contribution in [0.5, 0.6) is 0 Å². The van der Waals surface area contributed by atoms with Gasteiger partial charge in [0, 0.05) is 30.9 Å². The molecule has 0 atom stereocenters. The molecule has 0 unspecified atom stereocenters. The number of alkyl halides is 2. The zero-order valence-electron chi connectivity index (χ0n) is 7.02. The van der Waals surface area contributed by atoms with Crippen molar-refractivity contribution in [2.45, 2.75) is 19.9 Å². The molecule has 0 aliphatic rings. The molecule has 70 valence electrons. The van der Waals surface area contributed by atoms with Crippen LogP contribution in [-0.2, 0) is 0 Å². The second-order valence-corrected chi connectivity index (χ2v) is 3.26. The lowest BCUT2D eigenvalue weighted by Gasteiger charge is -2.23. The van der Waals surface area contributed by atoms with Gasteiger partial charge in [-0.2, -0.15) is 0 Å². The summed E-state index contributed by atoms with van der Waals surface area (Å²) < 4.78 is 0. The SMILES string of the molecule is CC(C)N(CCCl)CCCl.Cl. The first-order chi connectivity index (χ1) is 4.72. The van der Waals surface area contributed by atoms with Crippen LogP contribution < -0.4 is 0 Å². The van der Waals surface area contributed by atoms with Crippen LogP contribution in [0.15, 0.2) is 0 Å². The topological polar surface area (TPSA) is 3.24 Å². The van der Waals surface area contributed by atoms with Gasteiger partial charge in [-0.25, -0.2) is 0 Å². The first-order valence-electron chi connectivity index (χ1n) is 3.58. The molecule has 0 radical (unpaired) electrons. The van der Waals surface area contributed by atoms with Gasteiger partial charge in [0.05, 0.1) is 0 Å². The third-order valence-corrected chi connectivity index (χ3v) is 1.81. The molecule has 0 spiro atoms. The van der Waals surface area contributed by atoms with Crippen LogP contribution in [-0.4, -0.2) is 35.8 Å². The zero-order valence-corrected chi connectivity index (χ0v) is 9.35. The van der Waals surface area contributed by atoms with Crippen LogP contribution >= 0.6 is 35.6 Å². The highest BCUT2D eigenvalue weighted by Gasteiger charge is 2.06. The van der Waals surface area contributed by atoms with Crippen molar-refractivity contribution < 1.29 is 0 Å². The summed E-state index contributed by atoms with van der Waals surface area (Å²) in [5.74, 6) is 1.38. The Bertz CT molecular complexity index is 72.1. The van der Waals surface area contributed by atoms with Crippen LogP contribution in [0.2, 0.25) is 0 Å². The number of rotatable bonds is 5. The number of nitrogens with zero attached hydrogens (tertiary/aromatic N) is 1. The number of hydrogen-bond acceptors (Lipinski definition) is 1. The second-order valence-electron chi connectivity index (χ2n) is 2.51. The molecule has 0 fully saturated rings. The molecule has 0 bridgehead atoms. The van der Waals surface area contributed by atoms with E-state index < -0.39 is 0 Å². The Hall–Kier alpha value is 0.830. The van der Waals surface area contributed by atoms with E-state index >= 15 is 0 Å². The van der Waals surface area contributed by atoms with E-state index in [0.717, 1.165) is 13.1 Å². The smallest absolute Gasteiger partial charge is 0.0351 e. The van der Waals surface area contributed by atoms with E-state index in [4.69, 9.17) is 23.2 Å². The molecule has 0 aromatic heterocycles. The lowest BCUT2D eigenvalue weighted by atomic mass is 10.3. The van der Waals surface area contributed by atoms with Gasteiger partial charge in [0.15, 0.2) is 0 Å². The summed E-state index contributed by atoms with van der Waals surface area (Å²) in [5.41, 5.74) is 0. The van der Waals surface area contributed by atoms with E-state index in [1.165, 1.54) is 0 Å². The van der Waals surface area contributed by atoms with Gasteiger partial charge in [0.25, 0.3) is 0 Å². The molecule has 0 aromatic rings. The van der Waals surface area contributed by atoms with E-state index in [-0.39, 0.29) is 12.4 Å². The molecule has 0 aliphatic carbocycles.